The van der Waals surface area contributed by atoms with Crippen LogP contribution in [0.1, 0.15) is 25.6 Å². The van der Waals surface area contributed by atoms with Gasteiger partial charge in [-0.05, 0) is 26.0 Å². The van der Waals surface area contributed by atoms with Crippen LogP contribution in [0.5, 0.6) is 0 Å². The lowest BCUT2D eigenvalue weighted by molar-refractivity contribution is 0.519. The van der Waals surface area contributed by atoms with Crippen molar-refractivity contribution in [2.24, 2.45) is 0 Å². The van der Waals surface area contributed by atoms with E-state index >= 15 is 0 Å². The molecule has 2 heterocycles. The van der Waals surface area contributed by atoms with Crippen LogP contribution in [0.4, 0.5) is 0 Å². The first kappa shape index (κ1) is 11.1. The Morgan fingerprint density at radius 2 is 2.00 bits per heavy atom. The van der Waals surface area contributed by atoms with Gasteiger partial charge < -0.3 is 0 Å². The van der Waals surface area contributed by atoms with E-state index in [1.165, 1.54) is 0 Å². The fourth-order valence-electron chi connectivity index (χ4n) is 1.59. The summed E-state index contributed by atoms with van der Waals surface area (Å²) in [6.45, 7) is 4.13. The number of hydrogen-bond donors (Lipinski definition) is 0. The molecule has 0 saturated heterocycles. The zero-order valence-electron chi connectivity index (χ0n) is 9.26. The highest BCUT2D eigenvalue weighted by Crippen LogP contribution is 2.25. The molecule has 0 radical (unpaired) electrons. The summed E-state index contributed by atoms with van der Waals surface area (Å²) in [5, 5.41) is 8.22. The van der Waals surface area contributed by atoms with Crippen molar-refractivity contribution < 1.29 is 0 Å². The summed E-state index contributed by atoms with van der Waals surface area (Å²) in [5.74, 6) is 0.365. The molecule has 0 unspecified atom stereocenters. The maximum Gasteiger partial charge on any atom is 0.105 e. The molecule has 2 aromatic heterocycles. The van der Waals surface area contributed by atoms with Crippen LogP contribution in [0.2, 0.25) is 0 Å². The molecule has 0 saturated carbocycles. The molecule has 0 fully saturated rings. The van der Waals surface area contributed by atoms with E-state index in [-0.39, 0.29) is 6.04 Å². The molecule has 4 nitrogen and oxygen atoms in total. The van der Waals surface area contributed by atoms with E-state index in [0.717, 1.165) is 17.0 Å². The number of halogens is 1. The Balaban J connectivity index is 2.57. The molecule has 0 atom stereocenters. The van der Waals surface area contributed by atoms with Crippen LogP contribution >= 0.6 is 11.6 Å². The molecule has 0 N–H and O–H groups in total. The first-order valence-electron chi connectivity index (χ1n) is 5.14. The number of nitrogens with zero attached hydrogens (tertiary/aromatic N) is 4. The number of rotatable bonds is 3. The predicted octanol–water partition coefficient (Wildman–Crippen LogP) is 2.66. The third kappa shape index (κ3) is 1.93. The molecule has 0 aliphatic carbocycles. The van der Waals surface area contributed by atoms with Gasteiger partial charge in [0.05, 0.1) is 11.6 Å². The smallest absolute Gasteiger partial charge is 0.105 e. The largest absolute Gasteiger partial charge is 0.265 e. The number of alkyl halides is 1. The molecule has 16 heavy (non-hydrogen) atoms. The first-order valence-corrected chi connectivity index (χ1v) is 5.68. The van der Waals surface area contributed by atoms with Crippen molar-refractivity contribution in [1.29, 1.82) is 0 Å². The average molecular weight is 237 g/mol. The third-order valence-corrected chi connectivity index (χ3v) is 2.59. The molecule has 2 aromatic rings. The van der Waals surface area contributed by atoms with E-state index in [1.807, 2.05) is 16.8 Å². The van der Waals surface area contributed by atoms with Gasteiger partial charge >= 0.3 is 0 Å². The van der Waals surface area contributed by atoms with Gasteiger partial charge in [0.1, 0.15) is 5.69 Å². The second-order valence-electron chi connectivity index (χ2n) is 3.79. The standard InChI is InChI=1S/C11H13ClN4/c1-8(2)16-11(10(7-12)14-15-16)9-3-5-13-6-4-9/h3-6,8H,7H2,1-2H3. The van der Waals surface area contributed by atoms with E-state index in [1.54, 1.807) is 12.4 Å². The second kappa shape index (κ2) is 4.61. The van der Waals surface area contributed by atoms with Crippen LogP contribution in [0.3, 0.4) is 0 Å². The van der Waals surface area contributed by atoms with Gasteiger partial charge in [-0.25, -0.2) is 4.68 Å². The van der Waals surface area contributed by atoms with E-state index < -0.39 is 0 Å². The van der Waals surface area contributed by atoms with Crippen LogP contribution in [0.25, 0.3) is 11.3 Å². The van der Waals surface area contributed by atoms with Gasteiger partial charge in [0.25, 0.3) is 0 Å². The summed E-state index contributed by atoms with van der Waals surface area (Å²) in [5.41, 5.74) is 2.83. The normalized spacial score (nSPS) is 11.0. The molecule has 0 amide bonds. The fraction of sp³-hybridized carbons (Fsp3) is 0.364. The molecular weight excluding hydrogens is 224 g/mol. The SMILES string of the molecule is CC(C)n1nnc(CCl)c1-c1ccncc1. The zero-order chi connectivity index (χ0) is 11.5. The van der Waals surface area contributed by atoms with Crippen molar-refractivity contribution in [3.8, 4) is 11.3 Å². The van der Waals surface area contributed by atoms with E-state index in [0.29, 0.717) is 5.88 Å². The molecule has 2 rings (SSSR count). The Hall–Kier alpha value is -1.42. The van der Waals surface area contributed by atoms with Gasteiger partial charge in [0.15, 0.2) is 0 Å². The summed E-state index contributed by atoms with van der Waals surface area (Å²) >= 11 is 5.87. The highest BCUT2D eigenvalue weighted by atomic mass is 35.5. The Labute approximate surface area is 99.3 Å². The van der Waals surface area contributed by atoms with Crippen molar-refractivity contribution in [3.05, 3.63) is 30.2 Å². The summed E-state index contributed by atoms with van der Waals surface area (Å²) in [4.78, 5) is 4.00. The molecular formula is C11H13ClN4. The van der Waals surface area contributed by atoms with Gasteiger partial charge in [-0.1, -0.05) is 5.21 Å². The molecule has 0 spiro atoms. The van der Waals surface area contributed by atoms with Crippen LogP contribution in [-0.2, 0) is 5.88 Å². The number of pyridine rings is 1. The maximum atomic E-state index is 5.87. The van der Waals surface area contributed by atoms with Gasteiger partial charge in [-0.3, -0.25) is 4.98 Å². The Morgan fingerprint density at radius 3 is 2.56 bits per heavy atom. The molecule has 0 aliphatic rings. The predicted molar refractivity (Wildman–Crippen MR) is 63.2 cm³/mol. The molecule has 0 aromatic carbocycles. The van der Waals surface area contributed by atoms with Crippen LogP contribution in [-0.4, -0.2) is 20.0 Å². The summed E-state index contributed by atoms with van der Waals surface area (Å²) in [6.07, 6.45) is 3.51. The lowest BCUT2D eigenvalue weighted by Gasteiger charge is -2.10. The van der Waals surface area contributed by atoms with Crippen molar-refractivity contribution in [2.45, 2.75) is 25.8 Å². The van der Waals surface area contributed by atoms with Gasteiger partial charge in [0, 0.05) is 24.0 Å². The topological polar surface area (TPSA) is 43.6 Å². The van der Waals surface area contributed by atoms with Gasteiger partial charge in [-0.2, -0.15) is 0 Å². The molecule has 84 valence electrons. The Bertz CT molecular complexity index is 464. The fourth-order valence-corrected chi connectivity index (χ4v) is 1.77. The molecule has 0 bridgehead atoms. The zero-order valence-corrected chi connectivity index (χ0v) is 10.0. The van der Waals surface area contributed by atoms with Crippen LogP contribution in [0, 0.1) is 0 Å². The summed E-state index contributed by atoms with van der Waals surface area (Å²) in [7, 11) is 0. The quantitative estimate of drug-likeness (QED) is 0.770. The minimum Gasteiger partial charge on any atom is -0.265 e. The maximum absolute atomic E-state index is 5.87. The first-order chi connectivity index (χ1) is 7.74. The van der Waals surface area contributed by atoms with Gasteiger partial charge in [-0.15, -0.1) is 16.7 Å². The summed E-state index contributed by atoms with van der Waals surface area (Å²) < 4.78 is 1.88. The Kier molecular flexibility index (Phi) is 3.19. The monoisotopic (exact) mass is 236 g/mol. The molecule has 5 heteroatoms. The molecule has 0 aliphatic heterocycles. The average Bonchev–Trinajstić information content (AvgIpc) is 2.73. The van der Waals surface area contributed by atoms with E-state index in [4.69, 9.17) is 11.6 Å². The number of aromatic nitrogens is 4. The lowest BCUT2D eigenvalue weighted by Crippen LogP contribution is -2.05. The van der Waals surface area contributed by atoms with Crippen LogP contribution < -0.4 is 0 Å². The van der Waals surface area contributed by atoms with Crippen molar-refractivity contribution in [3.63, 3.8) is 0 Å². The number of hydrogen-bond acceptors (Lipinski definition) is 3. The van der Waals surface area contributed by atoms with Gasteiger partial charge in [0.2, 0.25) is 0 Å². The van der Waals surface area contributed by atoms with Crippen LogP contribution in [0.15, 0.2) is 24.5 Å². The van der Waals surface area contributed by atoms with Crippen molar-refractivity contribution in [2.75, 3.05) is 0 Å². The highest BCUT2D eigenvalue weighted by molar-refractivity contribution is 6.17. The second-order valence-corrected chi connectivity index (χ2v) is 4.06. The van der Waals surface area contributed by atoms with E-state index in [2.05, 4.69) is 29.1 Å². The van der Waals surface area contributed by atoms with E-state index in [9.17, 15) is 0 Å². The minimum absolute atomic E-state index is 0.257. The minimum atomic E-state index is 0.257. The van der Waals surface area contributed by atoms with Crippen molar-refractivity contribution >= 4 is 11.6 Å². The lowest BCUT2D eigenvalue weighted by atomic mass is 10.1. The highest BCUT2D eigenvalue weighted by Gasteiger charge is 2.15. The summed E-state index contributed by atoms with van der Waals surface area (Å²) in [6, 6.07) is 4.13. The van der Waals surface area contributed by atoms with Crippen molar-refractivity contribution in [1.82, 2.24) is 20.0 Å². The Morgan fingerprint density at radius 1 is 1.31 bits per heavy atom. The third-order valence-electron chi connectivity index (χ3n) is 2.33.